The Hall–Kier alpha value is -3.93. The third kappa shape index (κ3) is 5.36. The Labute approximate surface area is 176 Å². The number of nitrogens with one attached hydrogen (secondary N) is 1. The summed E-state index contributed by atoms with van der Waals surface area (Å²) in [5.74, 6) is 3.02. The molecule has 0 aliphatic rings. The third-order valence-corrected chi connectivity index (χ3v) is 4.27. The average molecular weight is 429 g/mol. The zero-order valence-corrected chi connectivity index (χ0v) is 16.4. The molecule has 0 fully saturated rings. The smallest absolute Gasteiger partial charge is 0.435 e. The highest BCUT2D eigenvalue weighted by atomic mass is 19.4. The average Bonchev–Trinajstić information content (AvgIpc) is 3.27. The van der Waals surface area contributed by atoms with Crippen molar-refractivity contribution in [3.8, 4) is 29.5 Å². The van der Waals surface area contributed by atoms with Gasteiger partial charge in [0.25, 0.3) is 5.91 Å². The number of rotatable bonds is 7. The highest BCUT2D eigenvalue weighted by Gasteiger charge is 2.33. The van der Waals surface area contributed by atoms with Crippen LogP contribution >= 0.6 is 0 Å². The second-order valence-corrected chi connectivity index (χ2v) is 6.35. The fourth-order valence-corrected chi connectivity index (χ4v) is 2.73. The van der Waals surface area contributed by atoms with Crippen LogP contribution in [0.3, 0.4) is 0 Å². The number of carbonyl (C=O) groups excluding carboxylic acids is 1. The van der Waals surface area contributed by atoms with Gasteiger partial charge >= 0.3 is 6.18 Å². The van der Waals surface area contributed by atoms with E-state index in [9.17, 15) is 18.0 Å². The van der Waals surface area contributed by atoms with Crippen LogP contribution in [0.2, 0.25) is 0 Å². The summed E-state index contributed by atoms with van der Waals surface area (Å²) in [6, 6.07) is 12.1. The van der Waals surface area contributed by atoms with E-state index in [0.717, 1.165) is 16.3 Å². The van der Waals surface area contributed by atoms with Crippen molar-refractivity contribution in [1.82, 2.24) is 15.1 Å². The number of terminal acetylenes is 1. The molecule has 31 heavy (non-hydrogen) atoms. The summed E-state index contributed by atoms with van der Waals surface area (Å²) in [6.07, 6.45) is 1.90. The van der Waals surface area contributed by atoms with Gasteiger partial charge < -0.3 is 14.8 Å². The molecule has 1 aromatic heterocycles. The molecule has 0 bridgehead atoms. The summed E-state index contributed by atoms with van der Waals surface area (Å²) in [5.41, 5.74) is 0.537. The first-order valence-corrected chi connectivity index (χ1v) is 9.06. The summed E-state index contributed by atoms with van der Waals surface area (Å²) in [7, 11) is 1.51. The van der Waals surface area contributed by atoms with Gasteiger partial charge in [0.2, 0.25) is 0 Å². The molecule has 0 atom stereocenters. The van der Waals surface area contributed by atoms with Crippen LogP contribution in [-0.2, 0) is 12.7 Å². The van der Waals surface area contributed by atoms with Crippen LogP contribution in [0.25, 0.3) is 5.69 Å². The topological polar surface area (TPSA) is 65.4 Å². The van der Waals surface area contributed by atoms with Gasteiger partial charge in [0.1, 0.15) is 6.61 Å². The lowest BCUT2D eigenvalue weighted by Gasteiger charge is -2.11. The number of nitrogens with zero attached hydrogens (tertiary/aromatic N) is 2. The maximum Gasteiger partial charge on any atom is 0.435 e. The minimum Gasteiger partial charge on any atom is -0.493 e. The number of benzene rings is 2. The SMILES string of the molecule is C#CCOc1cc(CNC(=O)c2ccc(-n3ccc(C(F)(F)F)n3)cc2)ccc1OC. The molecule has 1 heterocycles. The van der Waals surface area contributed by atoms with Gasteiger partial charge in [0.05, 0.1) is 12.8 Å². The van der Waals surface area contributed by atoms with E-state index in [1.165, 1.54) is 37.6 Å². The van der Waals surface area contributed by atoms with Gasteiger partial charge in [-0.15, -0.1) is 6.42 Å². The fourth-order valence-electron chi connectivity index (χ4n) is 2.73. The highest BCUT2D eigenvalue weighted by Crippen LogP contribution is 2.29. The zero-order chi connectivity index (χ0) is 22.4. The molecule has 0 aliphatic heterocycles. The van der Waals surface area contributed by atoms with Crippen LogP contribution < -0.4 is 14.8 Å². The van der Waals surface area contributed by atoms with E-state index < -0.39 is 11.9 Å². The van der Waals surface area contributed by atoms with Crippen LogP contribution in [0, 0.1) is 12.3 Å². The Bertz CT molecular complexity index is 1100. The van der Waals surface area contributed by atoms with E-state index in [0.29, 0.717) is 22.7 Å². The van der Waals surface area contributed by atoms with Gasteiger partial charge in [0, 0.05) is 18.3 Å². The molecule has 9 heteroatoms. The molecular weight excluding hydrogens is 411 g/mol. The Morgan fingerprint density at radius 1 is 1.16 bits per heavy atom. The monoisotopic (exact) mass is 429 g/mol. The maximum atomic E-state index is 12.7. The Morgan fingerprint density at radius 3 is 2.52 bits per heavy atom. The Kier molecular flexibility index (Phi) is 6.50. The first kappa shape index (κ1) is 21.8. The summed E-state index contributed by atoms with van der Waals surface area (Å²) < 4.78 is 49.8. The van der Waals surface area contributed by atoms with E-state index >= 15 is 0 Å². The van der Waals surface area contributed by atoms with Crippen LogP contribution in [0.5, 0.6) is 11.5 Å². The van der Waals surface area contributed by atoms with Crippen molar-refractivity contribution in [3.05, 3.63) is 71.5 Å². The number of alkyl halides is 3. The molecule has 6 nitrogen and oxygen atoms in total. The molecular formula is C22H18F3N3O3. The number of aromatic nitrogens is 2. The van der Waals surface area contributed by atoms with Gasteiger partial charge in [-0.2, -0.15) is 18.3 Å². The van der Waals surface area contributed by atoms with Crippen LogP contribution in [0.4, 0.5) is 13.2 Å². The van der Waals surface area contributed by atoms with Crippen molar-refractivity contribution in [3.63, 3.8) is 0 Å². The minimum absolute atomic E-state index is 0.0826. The van der Waals surface area contributed by atoms with Crippen LogP contribution in [-0.4, -0.2) is 29.4 Å². The quantitative estimate of drug-likeness (QED) is 0.580. The lowest BCUT2D eigenvalue weighted by molar-refractivity contribution is -0.141. The van der Waals surface area contributed by atoms with Gasteiger partial charge in [-0.25, -0.2) is 4.68 Å². The molecule has 2 aromatic carbocycles. The Morgan fingerprint density at radius 2 is 1.90 bits per heavy atom. The summed E-state index contributed by atoms with van der Waals surface area (Å²) >= 11 is 0. The van der Waals surface area contributed by atoms with Crippen LogP contribution in [0.15, 0.2) is 54.7 Å². The van der Waals surface area contributed by atoms with E-state index in [2.05, 4.69) is 16.3 Å². The number of amides is 1. The molecule has 160 valence electrons. The normalized spacial score (nSPS) is 10.9. The number of halogens is 3. The van der Waals surface area contributed by atoms with E-state index in [1.54, 1.807) is 18.2 Å². The minimum atomic E-state index is -4.52. The van der Waals surface area contributed by atoms with Crippen molar-refractivity contribution in [2.75, 3.05) is 13.7 Å². The maximum absolute atomic E-state index is 12.7. The highest BCUT2D eigenvalue weighted by molar-refractivity contribution is 5.94. The number of hydrogen-bond donors (Lipinski definition) is 1. The second kappa shape index (κ2) is 9.26. The molecule has 1 amide bonds. The van der Waals surface area contributed by atoms with Crippen molar-refractivity contribution in [2.45, 2.75) is 12.7 Å². The third-order valence-electron chi connectivity index (χ3n) is 4.27. The number of ether oxygens (including phenoxy) is 2. The fraction of sp³-hybridized carbons (Fsp3) is 0.182. The van der Waals surface area contributed by atoms with Gasteiger partial charge in [0.15, 0.2) is 17.2 Å². The standard InChI is InChI=1S/C22H18F3N3O3/c1-3-12-31-19-13-15(4-9-18(19)30-2)14-26-21(29)16-5-7-17(8-6-16)28-11-10-20(27-28)22(23,24)25/h1,4-11,13H,12,14H2,2H3,(H,26,29). The molecule has 3 aromatic rings. The molecule has 0 unspecified atom stereocenters. The lowest BCUT2D eigenvalue weighted by Crippen LogP contribution is -2.22. The van der Waals surface area contributed by atoms with Crippen molar-refractivity contribution >= 4 is 5.91 Å². The Balaban J connectivity index is 1.65. The first-order valence-electron chi connectivity index (χ1n) is 9.06. The van der Waals surface area contributed by atoms with E-state index in [-0.39, 0.29) is 19.1 Å². The molecule has 0 saturated carbocycles. The summed E-state index contributed by atoms with van der Waals surface area (Å²) in [6.45, 7) is 0.310. The second-order valence-electron chi connectivity index (χ2n) is 6.35. The predicted octanol–water partition coefficient (Wildman–Crippen LogP) is 3.84. The number of hydrogen-bond acceptors (Lipinski definition) is 4. The largest absolute Gasteiger partial charge is 0.493 e. The first-order chi connectivity index (χ1) is 14.8. The van der Waals surface area contributed by atoms with Crippen molar-refractivity contribution in [1.29, 1.82) is 0 Å². The van der Waals surface area contributed by atoms with Gasteiger partial charge in [-0.1, -0.05) is 12.0 Å². The zero-order valence-electron chi connectivity index (χ0n) is 16.4. The van der Waals surface area contributed by atoms with Gasteiger partial charge in [-0.05, 0) is 48.0 Å². The van der Waals surface area contributed by atoms with Crippen molar-refractivity contribution < 1.29 is 27.4 Å². The molecule has 0 radical (unpaired) electrons. The summed E-state index contributed by atoms with van der Waals surface area (Å²) in [4.78, 5) is 12.4. The number of carbonyl (C=O) groups is 1. The molecule has 0 saturated heterocycles. The van der Waals surface area contributed by atoms with Crippen molar-refractivity contribution in [2.24, 2.45) is 0 Å². The predicted molar refractivity (Wildman–Crippen MR) is 107 cm³/mol. The van der Waals surface area contributed by atoms with E-state index in [1.807, 2.05) is 0 Å². The lowest BCUT2D eigenvalue weighted by atomic mass is 10.1. The van der Waals surface area contributed by atoms with E-state index in [4.69, 9.17) is 15.9 Å². The van der Waals surface area contributed by atoms with Crippen LogP contribution in [0.1, 0.15) is 21.6 Å². The van der Waals surface area contributed by atoms with Gasteiger partial charge in [-0.3, -0.25) is 4.79 Å². The molecule has 0 aliphatic carbocycles. The molecule has 1 N–H and O–H groups in total. The number of methoxy groups -OCH3 is 1. The molecule has 0 spiro atoms. The summed E-state index contributed by atoms with van der Waals surface area (Å²) in [5, 5.41) is 6.28. The molecule has 3 rings (SSSR count).